The summed E-state index contributed by atoms with van der Waals surface area (Å²) in [5.74, 6) is 0.0760. The average molecular weight is 309 g/mol. The monoisotopic (exact) mass is 309 g/mol. The second-order valence-corrected chi connectivity index (χ2v) is 6.70. The number of carbonyl (C=O) groups is 2. The third kappa shape index (κ3) is 2.50. The lowest BCUT2D eigenvalue weighted by atomic mass is 9.92. The molecule has 0 N–H and O–H groups in total. The summed E-state index contributed by atoms with van der Waals surface area (Å²) in [4.78, 5) is 32.2. The number of piperazine rings is 1. The van der Waals surface area contributed by atoms with Gasteiger partial charge in [-0.1, -0.05) is 6.92 Å². The van der Waals surface area contributed by atoms with Crippen LogP contribution in [0, 0.1) is 6.92 Å². The fourth-order valence-corrected chi connectivity index (χ4v) is 3.65. The fourth-order valence-electron chi connectivity index (χ4n) is 3.03. The summed E-state index contributed by atoms with van der Waals surface area (Å²) in [6.45, 7) is 6.02. The second-order valence-electron chi connectivity index (χ2n) is 5.63. The van der Waals surface area contributed by atoms with Gasteiger partial charge in [-0.2, -0.15) is 0 Å². The van der Waals surface area contributed by atoms with Crippen LogP contribution in [0.2, 0.25) is 0 Å². The Hall–Kier alpha value is -1.63. The van der Waals surface area contributed by atoms with Crippen molar-refractivity contribution in [1.82, 2.24) is 14.8 Å². The maximum atomic E-state index is 12.5. The Balaban J connectivity index is 1.70. The Morgan fingerprint density at radius 1 is 1.52 bits per heavy atom. The first-order valence-corrected chi connectivity index (χ1v) is 8.05. The molecule has 6 nitrogen and oxygen atoms in total. The van der Waals surface area contributed by atoms with Gasteiger partial charge in [0.25, 0.3) is 0 Å². The van der Waals surface area contributed by atoms with Crippen LogP contribution < -0.4 is 0 Å². The van der Waals surface area contributed by atoms with E-state index in [4.69, 9.17) is 4.74 Å². The lowest BCUT2D eigenvalue weighted by Gasteiger charge is -2.44. The summed E-state index contributed by atoms with van der Waals surface area (Å²) in [6.07, 6.45) is 0.871. The van der Waals surface area contributed by atoms with Gasteiger partial charge in [-0.15, -0.1) is 11.3 Å². The van der Waals surface area contributed by atoms with Crippen molar-refractivity contribution in [3.05, 3.63) is 16.1 Å². The summed E-state index contributed by atoms with van der Waals surface area (Å²) in [7, 11) is 0. The van der Waals surface area contributed by atoms with Gasteiger partial charge in [-0.3, -0.25) is 9.69 Å². The van der Waals surface area contributed by atoms with Crippen molar-refractivity contribution in [3.63, 3.8) is 0 Å². The molecule has 1 aromatic heterocycles. The zero-order valence-electron chi connectivity index (χ0n) is 12.3. The molecular formula is C14H19N3O3S. The van der Waals surface area contributed by atoms with Crippen molar-refractivity contribution in [2.45, 2.75) is 32.2 Å². The number of fused-ring (bicyclic) bond motifs is 1. The molecule has 114 valence electrons. The molecule has 2 aliphatic rings. The molecule has 3 rings (SSSR count). The zero-order chi connectivity index (χ0) is 15.0. The minimum Gasteiger partial charge on any atom is -0.447 e. The first kappa shape index (κ1) is 14.3. The van der Waals surface area contributed by atoms with Gasteiger partial charge in [0.05, 0.1) is 22.7 Å². The molecule has 1 aromatic rings. The van der Waals surface area contributed by atoms with Crippen molar-refractivity contribution in [2.24, 2.45) is 0 Å². The molecule has 21 heavy (non-hydrogen) atoms. The first-order chi connectivity index (χ1) is 10.0. The molecule has 2 amide bonds. The minimum absolute atomic E-state index is 0.0760. The number of hydrogen-bond acceptors (Lipinski definition) is 5. The fraction of sp³-hybridized carbons (Fsp3) is 0.643. The largest absolute Gasteiger partial charge is 0.447 e. The van der Waals surface area contributed by atoms with E-state index in [9.17, 15) is 9.59 Å². The Morgan fingerprint density at radius 3 is 3.00 bits per heavy atom. The number of hydrogen-bond donors (Lipinski definition) is 0. The van der Waals surface area contributed by atoms with Crippen LogP contribution in [0.15, 0.2) is 5.38 Å². The molecule has 0 aliphatic carbocycles. The summed E-state index contributed by atoms with van der Waals surface area (Å²) >= 11 is 1.56. The van der Waals surface area contributed by atoms with Gasteiger partial charge in [-0.25, -0.2) is 9.78 Å². The van der Waals surface area contributed by atoms with Crippen molar-refractivity contribution in [2.75, 3.05) is 26.2 Å². The lowest BCUT2D eigenvalue weighted by Crippen LogP contribution is -2.62. The summed E-state index contributed by atoms with van der Waals surface area (Å²) in [5, 5.41) is 2.91. The molecule has 7 heteroatoms. The van der Waals surface area contributed by atoms with Gasteiger partial charge >= 0.3 is 6.09 Å². The minimum atomic E-state index is -0.344. The maximum absolute atomic E-state index is 12.5. The highest BCUT2D eigenvalue weighted by Crippen LogP contribution is 2.31. The number of amides is 2. The molecule has 3 heterocycles. The van der Waals surface area contributed by atoms with Crippen LogP contribution in [-0.2, 0) is 16.0 Å². The number of thiazole rings is 1. The van der Waals surface area contributed by atoms with Crippen LogP contribution in [0.1, 0.15) is 24.0 Å². The van der Waals surface area contributed by atoms with Crippen LogP contribution in [0.25, 0.3) is 0 Å². The number of cyclic esters (lactones) is 1. The van der Waals surface area contributed by atoms with E-state index >= 15 is 0 Å². The third-order valence-electron chi connectivity index (χ3n) is 4.35. The van der Waals surface area contributed by atoms with E-state index in [-0.39, 0.29) is 17.5 Å². The predicted octanol–water partition coefficient (Wildman–Crippen LogP) is 1.44. The Labute approximate surface area is 127 Å². The first-order valence-electron chi connectivity index (χ1n) is 7.17. The topological polar surface area (TPSA) is 62.7 Å². The number of ether oxygens (including phenoxy) is 1. The van der Waals surface area contributed by atoms with Crippen LogP contribution in [-0.4, -0.2) is 58.6 Å². The average Bonchev–Trinajstić information content (AvgIpc) is 3.03. The standard InChI is InChI=1S/C14H19N3O3S/c1-3-14-8-16(4-5-17(14)13(19)20-9-14)12(18)6-11-7-21-10(2)15-11/h7H,3-6,8-9H2,1-2H3. The van der Waals surface area contributed by atoms with E-state index in [2.05, 4.69) is 4.98 Å². The van der Waals surface area contributed by atoms with Crippen LogP contribution in [0.3, 0.4) is 0 Å². The highest BCUT2D eigenvalue weighted by Gasteiger charge is 2.50. The molecule has 2 aliphatic heterocycles. The van der Waals surface area contributed by atoms with E-state index in [0.29, 0.717) is 32.7 Å². The molecule has 0 saturated carbocycles. The number of carbonyl (C=O) groups excluding carboxylic acids is 2. The third-order valence-corrected chi connectivity index (χ3v) is 5.17. The zero-order valence-corrected chi connectivity index (χ0v) is 13.1. The molecule has 1 atom stereocenters. The highest BCUT2D eigenvalue weighted by atomic mass is 32.1. The van der Waals surface area contributed by atoms with Gasteiger partial charge in [0.1, 0.15) is 6.61 Å². The number of aryl methyl sites for hydroxylation is 1. The number of rotatable bonds is 3. The van der Waals surface area contributed by atoms with E-state index in [1.54, 1.807) is 16.2 Å². The number of aromatic nitrogens is 1. The van der Waals surface area contributed by atoms with E-state index in [1.807, 2.05) is 24.1 Å². The molecular weight excluding hydrogens is 290 g/mol. The molecule has 0 bridgehead atoms. The van der Waals surface area contributed by atoms with Crippen molar-refractivity contribution in [1.29, 1.82) is 0 Å². The van der Waals surface area contributed by atoms with Gasteiger partial charge < -0.3 is 9.64 Å². The van der Waals surface area contributed by atoms with E-state index in [1.165, 1.54) is 0 Å². The van der Waals surface area contributed by atoms with Gasteiger partial charge in [0.15, 0.2) is 0 Å². The highest BCUT2D eigenvalue weighted by molar-refractivity contribution is 7.09. The predicted molar refractivity (Wildman–Crippen MR) is 78.2 cm³/mol. The number of nitrogens with zero attached hydrogens (tertiary/aromatic N) is 3. The van der Waals surface area contributed by atoms with Crippen LogP contribution >= 0.6 is 11.3 Å². The van der Waals surface area contributed by atoms with Crippen LogP contribution in [0.4, 0.5) is 4.79 Å². The SMILES string of the molecule is CCC12COC(=O)N1CCN(C(=O)Cc1csc(C)n1)C2. The Kier molecular flexibility index (Phi) is 3.61. The van der Waals surface area contributed by atoms with Gasteiger partial charge in [-0.05, 0) is 13.3 Å². The second kappa shape index (κ2) is 5.29. The molecule has 1 unspecified atom stereocenters. The molecule has 0 aromatic carbocycles. The molecule has 0 radical (unpaired) electrons. The normalized spacial score (nSPS) is 25.0. The van der Waals surface area contributed by atoms with Gasteiger partial charge in [0, 0.05) is 25.0 Å². The summed E-state index contributed by atoms with van der Waals surface area (Å²) in [5.41, 5.74) is 0.484. The van der Waals surface area contributed by atoms with Crippen molar-refractivity contribution < 1.29 is 14.3 Å². The van der Waals surface area contributed by atoms with E-state index in [0.717, 1.165) is 17.1 Å². The maximum Gasteiger partial charge on any atom is 0.410 e. The van der Waals surface area contributed by atoms with Crippen molar-refractivity contribution in [3.8, 4) is 0 Å². The van der Waals surface area contributed by atoms with Gasteiger partial charge in [0.2, 0.25) is 5.91 Å². The lowest BCUT2D eigenvalue weighted by molar-refractivity contribution is -0.134. The molecule has 0 spiro atoms. The molecule has 2 saturated heterocycles. The van der Waals surface area contributed by atoms with Crippen LogP contribution in [0.5, 0.6) is 0 Å². The molecule has 2 fully saturated rings. The Bertz CT molecular complexity index is 574. The Morgan fingerprint density at radius 2 is 2.33 bits per heavy atom. The summed E-state index contributed by atoms with van der Waals surface area (Å²) < 4.78 is 5.18. The quantitative estimate of drug-likeness (QED) is 0.847. The van der Waals surface area contributed by atoms with Crippen molar-refractivity contribution >= 4 is 23.3 Å². The summed E-state index contributed by atoms with van der Waals surface area (Å²) in [6, 6.07) is 0. The smallest absolute Gasteiger partial charge is 0.410 e. The van der Waals surface area contributed by atoms with E-state index < -0.39 is 0 Å².